The van der Waals surface area contributed by atoms with E-state index in [2.05, 4.69) is 10.3 Å². The van der Waals surface area contributed by atoms with Crippen LogP contribution < -0.4 is 5.32 Å². The van der Waals surface area contributed by atoms with Gasteiger partial charge < -0.3 is 9.73 Å². The Labute approximate surface area is 99.5 Å². The molecular weight excluding hydrogens is 224 g/mol. The van der Waals surface area contributed by atoms with E-state index in [9.17, 15) is 0 Å². The predicted octanol–water partition coefficient (Wildman–Crippen LogP) is 2.83. The highest BCUT2D eigenvalue weighted by molar-refractivity contribution is 6.28. The second-order valence-corrected chi connectivity index (χ2v) is 3.88. The minimum Gasteiger partial charge on any atom is -0.448 e. The summed E-state index contributed by atoms with van der Waals surface area (Å²) in [7, 11) is 1.89. The lowest BCUT2D eigenvalue weighted by atomic mass is 10.1. The van der Waals surface area contributed by atoms with Crippen LogP contribution in [0.1, 0.15) is 17.5 Å². The fourth-order valence-electron chi connectivity index (χ4n) is 1.59. The number of hydrogen-bond acceptors (Lipinski definition) is 3. The average molecular weight is 237 g/mol. The molecule has 84 valence electrons. The van der Waals surface area contributed by atoms with Gasteiger partial charge in [-0.3, -0.25) is 4.98 Å². The second kappa shape index (κ2) is 5.14. The normalized spacial score (nSPS) is 12.6. The van der Waals surface area contributed by atoms with Crippen molar-refractivity contribution in [3.8, 4) is 0 Å². The number of nitrogens with zero attached hydrogens (tertiary/aromatic N) is 1. The standard InChI is InChI=1S/C12H13ClN2O/c1-14-10(11-5-6-12(13)16-11)8-9-4-2-3-7-15-9/h2-7,10,14H,8H2,1H3. The summed E-state index contributed by atoms with van der Waals surface area (Å²) in [4.78, 5) is 4.28. The van der Waals surface area contributed by atoms with Gasteiger partial charge in [-0.15, -0.1) is 0 Å². The average Bonchev–Trinajstić information content (AvgIpc) is 2.74. The smallest absolute Gasteiger partial charge is 0.193 e. The Morgan fingerprint density at radius 2 is 2.25 bits per heavy atom. The molecule has 2 rings (SSSR count). The van der Waals surface area contributed by atoms with Crippen LogP contribution in [0.3, 0.4) is 0 Å². The van der Waals surface area contributed by atoms with E-state index in [-0.39, 0.29) is 6.04 Å². The molecule has 1 unspecified atom stereocenters. The third-order valence-corrected chi connectivity index (χ3v) is 2.63. The van der Waals surface area contributed by atoms with Gasteiger partial charge in [0.05, 0.1) is 6.04 Å². The molecule has 0 spiro atoms. The number of hydrogen-bond donors (Lipinski definition) is 1. The van der Waals surface area contributed by atoms with Crippen LogP contribution in [0.5, 0.6) is 0 Å². The lowest BCUT2D eigenvalue weighted by Gasteiger charge is -2.12. The maximum absolute atomic E-state index is 5.75. The molecular formula is C12H13ClN2O. The maximum Gasteiger partial charge on any atom is 0.193 e. The summed E-state index contributed by atoms with van der Waals surface area (Å²) in [6, 6.07) is 9.61. The molecule has 0 radical (unpaired) electrons. The van der Waals surface area contributed by atoms with E-state index in [4.69, 9.17) is 16.0 Å². The monoisotopic (exact) mass is 236 g/mol. The van der Waals surface area contributed by atoms with Gasteiger partial charge in [0, 0.05) is 18.3 Å². The fraction of sp³-hybridized carbons (Fsp3) is 0.250. The van der Waals surface area contributed by atoms with E-state index in [0.29, 0.717) is 5.22 Å². The molecule has 0 fully saturated rings. The Kier molecular flexibility index (Phi) is 3.59. The largest absolute Gasteiger partial charge is 0.448 e. The minimum atomic E-state index is 0.0994. The van der Waals surface area contributed by atoms with Crippen molar-refractivity contribution in [3.63, 3.8) is 0 Å². The van der Waals surface area contributed by atoms with E-state index in [0.717, 1.165) is 17.9 Å². The Morgan fingerprint density at radius 3 is 2.81 bits per heavy atom. The molecule has 2 aromatic rings. The van der Waals surface area contributed by atoms with Gasteiger partial charge in [0.25, 0.3) is 0 Å². The molecule has 3 nitrogen and oxygen atoms in total. The van der Waals surface area contributed by atoms with E-state index < -0.39 is 0 Å². The van der Waals surface area contributed by atoms with Crippen molar-refractivity contribution in [2.75, 3.05) is 7.05 Å². The number of pyridine rings is 1. The summed E-state index contributed by atoms with van der Waals surface area (Å²) in [6.45, 7) is 0. The number of aromatic nitrogens is 1. The van der Waals surface area contributed by atoms with Crippen LogP contribution in [0.15, 0.2) is 40.9 Å². The second-order valence-electron chi connectivity index (χ2n) is 3.51. The summed E-state index contributed by atoms with van der Waals surface area (Å²) in [5.74, 6) is 0.832. The molecule has 16 heavy (non-hydrogen) atoms. The number of rotatable bonds is 4. The lowest BCUT2D eigenvalue weighted by molar-refractivity contribution is 0.428. The first-order chi connectivity index (χ1) is 7.79. The van der Waals surface area contributed by atoms with Gasteiger partial charge in [-0.05, 0) is 42.9 Å². The van der Waals surface area contributed by atoms with Crippen LogP contribution in [0.2, 0.25) is 5.22 Å². The van der Waals surface area contributed by atoms with Crippen molar-refractivity contribution in [3.05, 3.63) is 53.2 Å². The van der Waals surface area contributed by atoms with Crippen LogP contribution in [-0.2, 0) is 6.42 Å². The molecule has 0 aliphatic carbocycles. The first kappa shape index (κ1) is 11.2. The van der Waals surface area contributed by atoms with Crippen molar-refractivity contribution < 1.29 is 4.42 Å². The van der Waals surface area contributed by atoms with Crippen molar-refractivity contribution in [1.82, 2.24) is 10.3 Å². The van der Waals surface area contributed by atoms with Crippen LogP contribution in [0.4, 0.5) is 0 Å². The molecule has 0 aliphatic heterocycles. The Morgan fingerprint density at radius 1 is 1.38 bits per heavy atom. The third-order valence-electron chi connectivity index (χ3n) is 2.43. The summed E-state index contributed by atoms with van der Waals surface area (Å²) >= 11 is 5.75. The molecule has 0 saturated carbocycles. The zero-order valence-corrected chi connectivity index (χ0v) is 9.74. The number of nitrogens with one attached hydrogen (secondary N) is 1. The van der Waals surface area contributed by atoms with E-state index in [1.54, 1.807) is 12.3 Å². The van der Waals surface area contributed by atoms with E-state index in [1.165, 1.54) is 0 Å². The number of likely N-dealkylation sites (N-methyl/N-ethyl adjacent to an activating group) is 1. The molecule has 2 aromatic heterocycles. The van der Waals surface area contributed by atoms with Crippen molar-refractivity contribution in [1.29, 1.82) is 0 Å². The van der Waals surface area contributed by atoms with Gasteiger partial charge in [-0.25, -0.2) is 0 Å². The summed E-state index contributed by atoms with van der Waals surface area (Å²) in [5.41, 5.74) is 1.02. The summed E-state index contributed by atoms with van der Waals surface area (Å²) in [6.07, 6.45) is 2.57. The van der Waals surface area contributed by atoms with Crippen LogP contribution in [0, 0.1) is 0 Å². The topological polar surface area (TPSA) is 38.1 Å². The molecule has 4 heteroatoms. The highest BCUT2D eigenvalue weighted by atomic mass is 35.5. The van der Waals surface area contributed by atoms with Crippen molar-refractivity contribution in [2.45, 2.75) is 12.5 Å². The fourth-order valence-corrected chi connectivity index (χ4v) is 1.74. The predicted molar refractivity (Wildman–Crippen MR) is 63.5 cm³/mol. The van der Waals surface area contributed by atoms with Gasteiger partial charge in [0.1, 0.15) is 5.76 Å². The van der Waals surface area contributed by atoms with Gasteiger partial charge in [-0.2, -0.15) is 0 Å². The summed E-state index contributed by atoms with van der Waals surface area (Å²) < 4.78 is 5.38. The van der Waals surface area contributed by atoms with Crippen LogP contribution in [0.25, 0.3) is 0 Å². The lowest BCUT2D eigenvalue weighted by Crippen LogP contribution is -2.18. The maximum atomic E-state index is 5.75. The first-order valence-electron chi connectivity index (χ1n) is 5.12. The molecule has 2 heterocycles. The van der Waals surface area contributed by atoms with Gasteiger partial charge in [0.15, 0.2) is 5.22 Å². The van der Waals surface area contributed by atoms with E-state index in [1.807, 2.05) is 31.3 Å². The number of furan rings is 1. The molecule has 1 atom stereocenters. The zero-order chi connectivity index (χ0) is 11.4. The van der Waals surface area contributed by atoms with Crippen molar-refractivity contribution >= 4 is 11.6 Å². The molecule has 0 amide bonds. The molecule has 0 bridgehead atoms. The van der Waals surface area contributed by atoms with Gasteiger partial charge >= 0.3 is 0 Å². The Balaban J connectivity index is 2.12. The number of halogens is 1. The molecule has 0 aliphatic rings. The Hall–Kier alpha value is -1.32. The Bertz CT molecular complexity index is 441. The third kappa shape index (κ3) is 2.62. The van der Waals surface area contributed by atoms with Gasteiger partial charge in [-0.1, -0.05) is 6.07 Å². The highest BCUT2D eigenvalue weighted by Gasteiger charge is 2.14. The highest BCUT2D eigenvalue weighted by Crippen LogP contribution is 2.22. The first-order valence-corrected chi connectivity index (χ1v) is 5.50. The van der Waals surface area contributed by atoms with Gasteiger partial charge in [0.2, 0.25) is 0 Å². The SMILES string of the molecule is CNC(Cc1ccccn1)c1ccc(Cl)o1. The summed E-state index contributed by atoms with van der Waals surface area (Å²) in [5, 5.41) is 3.60. The molecule has 0 aromatic carbocycles. The molecule has 1 N–H and O–H groups in total. The minimum absolute atomic E-state index is 0.0994. The van der Waals surface area contributed by atoms with Crippen molar-refractivity contribution in [2.24, 2.45) is 0 Å². The van der Waals surface area contributed by atoms with E-state index >= 15 is 0 Å². The van der Waals surface area contributed by atoms with Crippen LogP contribution >= 0.6 is 11.6 Å². The van der Waals surface area contributed by atoms with Crippen LogP contribution in [-0.4, -0.2) is 12.0 Å². The quantitative estimate of drug-likeness (QED) is 0.887. The molecule has 0 saturated heterocycles. The zero-order valence-electron chi connectivity index (χ0n) is 8.98.